The topological polar surface area (TPSA) is 98.9 Å². The average Bonchev–Trinajstić information content (AvgIpc) is 3.40. The highest BCUT2D eigenvalue weighted by Crippen LogP contribution is 2.53. The number of pyridine rings is 1. The van der Waals surface area contributed by atoms with Crippen molar-refractivity contribution in [2.24, 2.45) is 0 Å². The molecule has 0 spiro atoms. The number of aromatic nitrogens is 4. The molecule has 4 heterocycles. The van der Waals surface area contributed by atoms with Gasteiger partial charge < -0.3 is 18.9 Å². The van der Waals surface area contributed by atoms with Gasteiger partial charge in [0.25, 0.3) is 5.91 Å². The van der Waals surface area contributed by atoms with Crippen LogP contribution in [0.25, 0.3) is 16.6 Å². The van der Waals surface area contributed by atoms with E-state index < -0.39 is 13.8 Å². The molecule has 38 heavy (non-hydrogen) atoms. The Morgan fingerprint density at radius 1 is 1.13 bits per heavy atom. The highest BCUT2D eigenvalue weighted by atomic mass is 31.2. The Morgan fingerprint density at radius 2 is 1.89 bits per heavy atom. The molecule has 1 aliphatic heterocycles. The molecule has 0 saturated carbocycles. The Hall–Kier alpha value is -3.85. The number of hydrogen-bond acceptors (Lipinski definition) is 7. The number of halogens is 2. The van der Waals surface area contributed by atoms with Gasteiger partial charge in [0.05, 0.1) is 17.3 Å². The van der Waals surface area contributed by atoms with Gasteiger partial charge in [-0.3, -0.25) is 4.79 Å². The third-order valence-corrected chi connectivity index (χ3v) is 7.69. The summed E-state index contributed by atoms with van der Waals surface area (Å²) in [6, 6.07) is 8.36. The van der Waals surface area contributed by atoms with Gasteiger partial charge in [0.1, 0.15) is 19.2 Å². The molecule has 3 aromatic heterocycles. The van der Waals surface area contributed by atoms with E-state index in [4.69, 9.17) is 14.6 Å². The van der Waals surface area contributed by atoms with Gasteiger partial charge in [-0.15, -0.1) is 0 Å². The number of ether oxygens (including phenoxy) is 2. The number of carbonyl (C=O) groups excluding carboxylic acids is 1. The second-order valence-corrected chi connectivity index (χ2v) is 13.4. The number of hydrogen-bond donors (Lipinski definition) is 0. The van der Waals surface area contributed by atoms with Crippen LogP contribution in [0.3, 0.4) is 0 Å². The van der Waals surface area contributed by atoms with Gasteiger partial charge in [-0.2, -0.15) is 13.9 Å². The van der Waals surface area contributed by atoms with Crippen molar-refractivity contribution in [3.63, 3.8) is 0 Å². The summed E-state index contributed by atoms with van der Waals surface area (Å²) in [5.41, 5.74) is 4.79. The molecule has 0 radical (unpaired) electrons. The Labute approximate surface area is 216 Å². The zero-order chi connectivity index (χ0) is 26.8. The summed E-state index contributed by atoms with van der Waals surface area (Å²) in [6.07, 6.45) is 5.64. The summed E-state index contributed by atoms with van der Waals surface area (Å²) in [4.78, 5) is 23.4. The lowest BCUT2D eigenvalue weighted by atomic mass is 9.88. The van der Waals surface area contributed by atoms with Crippen LogP contribution < -0.4 is 9.47 Å². The van der Waals surface area contributed by atoms with Gasteiger partial charge in [-0.05, 0) is 49.6 Å². The minimum Gasteiger partial charge on any atom is -0.456 e. The number of nitrogens with zero attached hydrogens (tertiary/aromatic N) is 5. The highest BCUT2D eigenvalue weighted by molar-refractivity contribution is 7.62. The number of amides is 1. The lowest BCUT2D eigenvalue weighted by molar-refractivity contribution is -0.0505. The summed E-state index contributed by atoms with van der Waals surface area (Å²) in [7, 11) is -0.662. The highest BCUT2D eigenvalue weighted by Gasteiger charge is 2.46. The number of carbonyl (C=O) groups is 1. The second-order valence-electron chi connectivity index (χ2n) is 9.96. The van der Waals surface area contributed by atoms with Crippen LogP contribution in [0.2, 0.25) is 0 Å². The minimum absolute atomic E-state index is 0.000879. The van der Waals surface area contributed by atoms with E-state index in [1.807, 2.05) is 18.3 Å². The van der Waals surface area contributed by atoms with Crippen molar-refractivity contribution < 1.29 is 27.6 Å². The third-order valence-electron chi connectivity index (χ3n) is 6.94. The molecule has 2 unspecified atom stereocenters. The molecular formula is C26H24F2N5O4P. The van der Waals surface area contributed by atoms with Crippen molar-refractivity contribution in [2.75, 3.05) is 26.7 Å². The maximum atomic E-state index is 13.3. The Kier molecular flexibility index (Phi) is 5.72. The maximum absolute atomic E-state index is 13.3. The van der Waals surface area contributed by atoms with E-state index in [1.165, 1.54) is 6.07 Å². The Bertz CT molecular complexity index is 1620. The molecule has 1 amide bonds. The molecule has 0 fully saturated rings. The van der Waals surface area contributed by atoms with E-state index in [-0.39, 0.29) is 36.0 Å². The molecule has 196 valence electrons. The molecular weight excluding hydrogens is 515 g/mol. The van der Waals surface area contributed by atoms with Crippen molar-refractivity contribution >= 4 is 18.6 Å². The molecule has 2 bridgehead atoms. The summed E-state index contributed by atoms with van der Waals surface area (Å²) >= 11 is 0. The molecule has 9 nitrogen and oxygen atoms in total. The molecule has 6 rings (SSSR count). The summed E-state index contributed by atoms with van der Waals surface area (Å²) in [5, 5.41) is 4.78. The van der Waals surface area contributed by atoms with E-state index in [9.17, 15) is 18.1 Å². The van der Waals surface area contributed by atoms with Gasteiger partial charge in [-0.1, -0.05) is 6.07 Å². The fourth-order valence-corrected chi connectivity index (χ4v) is 5.72. The van der Waals surface area contributed by atoms with E-state index in [0.717, 1.165) is 27.9 Å². The van der Waals surface area contributed by atoms with Gasteiger partial charge in [0, 0.05) is 53.8 Å². The Balaban J connectivity index is 1.44. The number of benzene rings is 1. The molecule has 1 aliphatic carbocycles. The smallest absolute Gasteiger partial charge is 0.387 e. The third kappa shape index (κ3) is 4.11. The van der Waals surface area contributed by atoms with Gasteiger partial charge in [0.2, 0.25) is 0 Å². The predicted octanol–water partition coefficient (Wildman–Crippen LogP) is 5.01. The van der Waals surface area contributed by atoms with Gasteiger partial charge >= 0.3 is 12.6 Å². The fraction of sp³-hybridized carbons (Fsp3) is 0.308. The largest absolute Gasteiger partial charge is 0.456 e. The molecule has 0 N–H and O–H groups in total. The molecule has 2 atom stereocenters. The predicted molar refractivity (Wildman–Crippen MR) is 136 cm³/mol. The fourth-order valence-electron chi connectivity index (χ4n) is 5.29. The van der Waals surface area contributed by atoms with Crippen LogP contribution in [-0.2, 0) is 4.57 Å². The van der Waals surface area contributed by atoms with Crippen molar-refractivity contribution in [2.45, 2.75) is 25.0 Å². The first-order chi connectivity index (χ1) is 18.1. The van der Waals surface area contributed by atoms with Crippen molar-refractivity contribution in [1.82, 2.24) is 24.5 Å². The number of fused-ring (bicyclic) bond motifs is 9. The summed E-state index contributed by atoms with van der Waals surface area (Å²) in [5.74, 6) is -0.606. The van der Waals surface area contributed by atoms with Crippen molar-refractivity contribution in [3.8, 4) is 22.9 Å². The van der Waals surface area contributed by atoms with Crippen LogP contribution in [0.4, 0.5) is 8.78 Å². The van der Waals surface area contributed by atoms with Crippen molar-refractivity contribution in [3.05, 3.63) is 71.3 Å². The number of alkyl halides is 2. The minimum atomic E-state index is -3.02. The molecule has 4 aromatic rings. The van der Waals surface area contributed by atoms with Crippen LogP contribution in [0.15, 0.2) is 48.9 Å². The van der Waals surface area contributed by atoms with E-state index in [0.29, 0.717) is 17.5 Å². The normalized spacial score (nSPS) is 18.5. The van der Waals surface area contributed by atoms with E-state index >= 15 is 0 Å². The standard InChI is InChI=1S/C26H24F2N5O4P/c1-32-19-10-17(21-16(24(32)34)5-4-6-20(21)37-25(27)28)22-18-9-14(7-8-33(18)31-23(19)22)15-11-29-26(30-12-15)36-13-38(2,3)35/h4-9,11-12,17,19,25H,10,13H2,1-3H3. The molecule has 1 aromatic carbocycles. The van der Waals surface area contributed by atoms with Crippen LogP contribution in [0, 0.1) is 0 Å². The lowest BCUT2D eigenvalue weighted by Crippen LogP contribution is -2.30. The zero-order valence-corrected chi connectivity index (χ0v) is 21.7. The average molecular weight is 539 g/mol. The van der Waals surface area contributed by atoms with E-state index in [2.05, 4.69) is 9.97 Å². The van der Waals surface area contributed by atoms with Crippen LogP contribution in [-0.4, -0.2) is 63.7 Å². The summed E-state index contributed by atoms with van der Waals surface area (Å²) < 4.78 is 50.6. The first-order valence-corrected chi connectivity index (χ1v) is 14.8. The van der Waals surface area contributed by atoms with Gasteiger partial charge in [-0.25, -0.2) is 14.5 Å². The van der Waals surface area contributed by atoms with Crippen LogP contribution >= 0.6 is 7.14 Å². The quantitative estimate of drug-likeness (QED) is 0.318. The zero-order valence-electron chi connectivity index (χ0n) is 20.8. The monoisotopic (exact) mass is 539 g/mol. The first kappa shape index (κ1) is 24.5. The lowest BCUT2D eigenvalue weighted by Gasteiger charge is -2.23. The summed E-state index contributed by atoms with van der Waals surface area (Å²) in [6.45, 7) is 0.247. The first-order valence-electron chi connectivity index (χ1n) is 12.0. The maximum Gasteiger partial charge on any atom is 0.387 e. The second kappa shape index (κ2) is 8.87. The van der Waals surface area contributed by atoms with E-state index in [1.54, 1.807) is 54.3 Å². The number of rotatable bonds is 6. The van der Waals surface area contributed by atoms with Gasteiger partial charge in [0.15, 0.2) is 0 Å². The molecule has 2 aliphatic rings. The van der Waals surface area contributed by atoms with Crippen LogP contribution in [0.5, 0.6) is 11.8 Å². The Morgan fingerprint density at radius 3 is 2.61 bits per heavy atom. The SMILES string of the molecule is CN1C(=O)c2cccc(OC(F)F)c2C2CC1c1nn3ccc(-c4cnc(OCP(C)(C)=O)nc4)cc3c12. The molecule has 12 heteroatoms. The molecule has 0 saturated heterocycles. The van der Waals surface area contributed by atoms with Crippen molar-refractivity contribution in [1.29, 1.82) is 0 Å². The van der Waals surface area contributed by atoms with Crippen LogP contribution in [0.1, 0.15) is 45.6 Å².